The zero-order valence-electron chi connectivity index (χ0n) is 10.2. The third-order valence-corrected chi connectivity index (χ3v) is 3.99. The van der Waals surface area contributed by atoms with Crippen LogP contribution in [0.15, 0.2) is 0 Å². The first-order valence-corrected chi connectivity index (χ1v) is 6.37. The summed E-state index contributed by atoms with van der Waals surface area (Å²) in [5, 5.41) is 12.6. The Hall–Kier alpha value is -0.160. The van der Waals surface area contributed by atoms with Crippen LogP contribution in [0.2, 0.25) is 0 Å². The third-order valence-electron chi connectivity index (χ3n) is 3.99. The van der Waals surface area contributed by atoms with Crippen molar-refractivity contribution >= 4 is 0 Å². The van der Waals surface area contributed by atoms with Gasteiger partial charge in [-0.15, -0.1) is 0 Å². The van der Waals surface area contributed by atoms with Crippen LogP contribution >= 0.6 is 0 Å². The van der Waals surface area contributed by atoms with Crippen molar-refractivity contribution in [3.8, 4) is 0 Å². The van der Waals surface area contributed by atoms with Crippen LogP contribution in [-0.4, -0.2) is 62.6 Å². The molecule has 94 valence electrons. The lowest BCUT2D eigenvalue weighted by molar-refractivity contribution is 0.0842. The molecule has 2 aliphatic heterocycles. The van der Waals surface area contributed by atoms with E-state index in [1.807, 2.05) is 7.05 Å². The monoisotopic (exact) mass is 228 g/mol. The van der Waals surface area contributed by atoms with Crippen molar-refractivity contribution in [3.63, 3.8) is 0 Å². The van der Waals surface area contributed by atoms with Crippen LogP contribution in [0.25, 0.3) is 0 Å². The molecule has 2 aliphatic rings. The van der Waals surface area contributed by atoms with E-state index in [1.165, 1.54) is 6.42 Å². The molecule has 16 heavy (non-hydrogen) atoms. The van der Waals surface area contributed by atoms with Crippen molar-refractivity contribution in [1.29, 1.82) is 0 Å². The first-order chi connectivity index (χ1) is 7.79. The Bertz CT molecular complexity index is 217. The van der Waals surface area contributed by atoms with E-state index >= 15 is 0 Å². The molecule has 4 heteroatoms. The first-order valence-electron chi connectivity index (χ1n) is 6.37. The van der Waals surface area contributed by atoms with E-state index < -0.39 is 0 Å². The Kier molecular flexibility index (Phi) is 4.19. The summed E-state index contributed by atoms with van der Waals surface area (Å²) in [6.07, 6.45) is 3.51. The molecular formula is C12H24N2O2. The Morgan fingerprint density at radius 3 is 3.06 bits per heavy atom. The molecule has 4 nitrogen and oxygen atoms in total. The smallest absolute Gasteiger partial charge is 0.0586 e. The van der Waals surface area contributed by atoms with Gasteiger partial charge < -0.3 is 15.2 Å². The Labute approximate surface area is 98.0 Å². The van der Waals surface area contributed by atoms with Gasteiger partial charge in [-0.05, 0) is 32.9 Å². The summed E-state index contributed by atoms with van der Waals surface area (Å²) in [5.41, 5.74) is 0.270. The van der Waals surface area contributed by atoms with Crippen LogP contribution in [0.5, 0.6) is 0 Å². The molecule has 0 bridgehead atoms. The predicted octanol–water partition coefficient (Wildman–Crippen LogP) is 0.0692. The fourth-order valence-electron chi connectivity index (χ4n) is 3.09. The Morgan fingerprint density at radius 1 is 1.56 bits per heavy atom. The lowest BCUT2D eigenvalue weighted by Crippen LogP contribution is -2.46. The van der Waals surface area contributed by atoms with Gasteiger partial charge in [-0.1, -0.05) is 0 Å². The summed E-state index contributed by atoms with van der Waals surface area (Å²) in [6.45, 7) is 5.27. The third kappa shape index (κ3) is 2.56. The maximum absolute atomic E-state index is 9.34. The van der Waals surface area contributed by atoms with Gasteiger partial charge in [0.2, 0.25) is 0 Å². The number of ether oxygens (including phenoxy) is 1. The molecule has 2 saturated heterocycles. The van der Waals surface area contributed by atoms with Gasteiger partial charge in [0.25, 0.3) is 0 Å². The topological polar surface area (TPSA) is 44.7 Å². The minimum atomic E-state index is 0.270. The van der Waals surface area contributed by atoms with Gasteiger partial charge in [-0.2, -0.15) is 0 Å². The average Bonchev–Trinajstić information content (AvgIpc) is 2.89. The van der Waals surface area contributed by atoms with Gasteiger partial charge in [-0.25, -0.2) is 0 Å². The fraction of sp³-hybridized carbons (Fsp3) is 1.00. The van der Waals surface area contributed by atoms with Gasteiger partial charge in [-0.3, -0.25) is 4.90 Å². The van der Waals surface area contributed by atoms with Crippen LogP contribution in [0, 0.1) is 5.41 Å². The number of aliphatic hydroxyl groups excluding tert-OH is 1. The van der Waals surface area contributed by atoms with Crippen molar-refractivity contribution in [3.05, 3.63) is 0 Å². The van der Waals surface area contributed by atoms with Crippen LogP contribution < -0.4 is 5.32 Å². The minimum Gasteiger partial charge on any atom is -0.395 e. The summed E-state index contributed by atoms with van der Waals surface area (Å²) in [5.74, 6) is 0. The summed E-state index contributed by atoms with van der Waals surface area (Å²) in [7, 11) is 2.01. The number of aliphatic hydroxyl groups is 1. The van der Waals surface area contributed by atoms with Crippen LogP contribution in [0.3, 0.4) is 0 Å². The maximum Gasteiger partial charge on any atom is 0.0586 e. The molecule has 0 saturated carbocycles. The molecule has 2 atom stereocenters. The first kappa shape index (κ1) is 12.3. The number of rotatable bonds is 5. The van der Waals surface area contributed by atoms with Crippen LogP contribution in [0.1, 0.15) is 19.3 Å². The summed E-state index contributed by atoms with van der Waals surface area (Å²) < 4.78 is 5.56. The lowest BCUT2D eigenvalue weighted by Gasteiger charge is -2.34. The average molecular weight is 228 g/mol. The van der Waals surface area contributed by atoms with Crippen molar-refractivity contribution in [1.82, 2.24) is 10.2 Å². The van der Waals surface area contributed by atoms with E-state index in [9.17, 15) is 5.11 Å². The number of likely N-dealkylation sites (tertiary alicyclic amines) is 1. The Balaban J connectivity index is 1.94. The normalized spacial score (nSPS) is 36.0. The van der Waals surface area contributed by atoms with Gasteiger partial charge in [0.05, 0.1) is 13.2 Å². The summed E-state index contributed by atoms with van der Waals surface area (Å²) >= 11 is 0. The van der Waals surface area contributed by atoms with Crippen LogP contribution in [-0.2, 0) is 4.74 Å². The zero-order chi connectivity index (χ0) is 11.4. The molecule has 2 heterocycles. The highest BCUT2D eigenvalue weighted by Crippen LogP contribution is 2.31. The van der Waals surface area contributed by atoms with Crippen molar-refractivity contribution in [2.24, 2.45) is 5.41 Å². The largest absolute Gasteiger partial charge is 0.395 e. The molecule has 0 aromatic rings. The van der Waals surface area contributed by atoms with E-state index in [2.05, 4.69) is 10.2 Å². The number of hydrogen-bond donors (Lipinski definition) is 2. The molecule has 0 aromatic carbocycles. The van der Waals surface area contributed by atoms with Crippen molar-refractivity contribution in [2.45, 2.75) is 25.3 Å². The number of nitrogens with zero attached hydrogens (tertiary/aromatic N) is 1. The SMILES string of the molecule is CNCC1(CN2CCCC2CO)CCOC1. The van der Waals surface area contributed by atoms with Crippen LogP contribution in [0.4, 0.5) is 0 Å². The molecule has 0 amide bonds. The molecule has 2 N–H and O–H groups in total. The van der Waals surface area contributed by atoms with Gasteiger partial charge in [0.15, 0.2) is 0 Å². The second-order valence-electron chi connectivity index (χ2n) is 5.28. The van der Waals surface area contributed by atoms with E-state index in [-0.39, 0.29) is 5.41 Å². The predicted molar refractivity (Wildman–Crippen MR) is 63.5 cm³/mol. The Morgan fingerprint density at radius 2 is 2.44 bits per heavy atom. The highest BCUT2D eigenvalue weighted by molar-refractivity contribution is 4.91. The summed E-state index contributed by atoms with van der Waals surface area (Å²) in [6, 6.07) is 0.384. The highest BCUT2D eigenvalue weighted by Gasteiger charge is 2.38. The standard InChI is InChI=1S/C12H24N2O2/c1-13-8-12(4-6-16-10-12)9-14-5-2-3-11(14)7-15/h11,13,15H,2-10H2,1H3. The van der Waals surface area contributed by atoms with Crippen molar-refractivity contribution in [2.75, 3.05) is 46.5 Å². The second kappa shape index (κ2) is 5.45. The lowest BCUT2D eigenvalue weighted by atomic mass is 9.86. The van der Waals surface area contributed by atoms with Crippen molar-refractivity contribution < 1.29 is 9.84 Å². The van der Waals surface area contributed by atoms with Gasteiger partial charge in [0.1, 0.15) is 0 Å². The van der Waals surface area contributed by atoms with E-state index in [0.29, 0.717) is 12.6 Å². The molecule has 2 unspecified atom stereocenters. The molecule has 0 spiro atoms. The summed E-state index contributed by atoms with van der Waals surface area (Å²) in [4.78, 5) is 2.45. The number of hydrogen-bond acceptors (Lipinski definition) is 4. The van der Waals surface area contributed by atoms with Gasteiger partial charge in [0, 0.05) is 31.2 Å². The molecular weight excluding hydrogens is 204 g/mol. The second-order valence-corrected chi connectivity index (χ2v) is 5.28. The molecule has 0 aromatic heterocycles. The minimum absolute atomic E-state index is 0.270. The fourth-order valence-corrected chi connectivity index (χ4v) is 3.09. The quantitative estimate of drug-likeness (QED) is 0.699. The molecule has 2 rings (SSSR count). The molecule has 0 radical (unpaired) electrons. The highest BCUT2D eigenvalue weighted by atomic mass is 16.5. The van der Waals surface area contributed by atoms with E-state index in [1.54, 1.807) is 0 Å². The molecule has 2 fully saturated rings. The van der Waals surface area contributed by atoms with Gasteiger partial charge >= 0.3 is 0 Å². The maximum atomic E-state index is 9.34. The number of nitrogens with one attached hydrogen (secondary N) is 1. The van der Waals surface area contributed by atoms with E-state index in [4.69, 9.17) is 4.74 Å². The zero-order valence-corrected chi connectivity index (χ0v) is 10.2. The van der Waals surface area contributed by atoms with E-state index in [0.717, 1.165) is 45.7 Å². The molecule has 0 aliphatic carbocycles.